The maximum absolute atomic E-state index is 12.9. The molecule has 2 aliphatic carbocycles. The molecular formula is C21H27NO2. The standard InChI is InChI=1S/C18H22O.C3H5NO/c1-12(13-8-6-5-7-9-13)15-14-10-11-18(4,16(15)19)17(14,2)3;1-2-3(4)5/h5-9,14H,10-11H2,1-4H3;2H,1H2,(H2,4,5). The van der Waals surface area contributed by atoms with Gasteiger partial charge in [0.25, 0.3) is 0 Å². The molecule has 0 aliphatic heterocycles. The summed E-state index contributed by atoms with van der Waals surface area (Å²) in [7, 11) is 0. The van der Waals surface area contributed by atoms with Crippen LogP contribution in [-0.4, -0.2) is 11.7 Å². The summed E-state index contributed by atoms with van der Waals surface area (Å²) >= 11 is 0. The number of amides is 1. The average Bonchev–Trinajstić information content (AvgIpc) is 2.88. The monoisotopic (exact) mass is 325 g/mol. The summed E-state index contributed by atoms with van der Waals surface area (Å²) in [6, 6.07) is 10.3. The molecule has 3 heteroatoms. The zero-order valence-corrected chi connectivity index (χ0v) is 15.1. The Labute approximate surface area is 144 Å². The molecule has 1 aromatic rings. The Morgan fingerprint density at radius 1 is 1.25 bits per heavy atom. The third-order valence-corrected chi connectivity index (χ3v) is 6.13. The van der Waals surface area contributed by atoms with E-state index in [1.165, 1.54) is 11.1 Å². The quantitative estimate of drug-likeness (QED) is 0.831. The Bertz CT molecular complexity index is 700. The summed E-state index contributed by atoms with van der Waals surface area (Å²) < 4.78 is 0. The van der Waals surface area contributed by atoms with Gasteiger partial charge in [0.05, 0.1) is 0 Å². The van der Waals surface area contributed by atoms with E-state index in [1.807, 2.05) is 18.2 Å². The smallest absolute Gasteiger partial charge is 0.240 e. The Balaban J connectivity index is 0.000000368. The van der Waals surface area contributed by atoms with Crippen LogP contribution in [-0.2, 0) is 9.59 Å². The van der Waals surface area contributed by atoms with E-state index in [9.17, 15) is 9.59 Å². The Morgan fingerprint density at radius 3 is 2.21 bits per heavy atom. The molecule has 128 valence electrons. The van der Waals surface area contributed by atoms with Gasteiger partial charge >= 0.3 is 0 Å². The molecule has 0 aromatic heterocycles. The SMILES string of the molecule is C=CC(N)=O.CC(=C1C(=O)C2(C)CCC1C2(C)C)c1ccccc1. The number of fused-ring (bicyclic) bond motifs is 2. The summed E-state index contributed by atoms with van der Waals surface area (Å²) in [6.45, 7) is 11.9. The number of hydrogen-bond acceptors (Lipinski definition) is 2. The van der Waals surface area contributed by atoms with Crippen molar-refractivity contribution in [3.05, 3.63) is 54.1 Å². The molecule has 2 bridgehead atoms. The van der Waals surface area contributed by atoms with Crippen LogP contribution in [0.15, 0.2) is 48.6 Å². The summed E-state index contributed by atoms with van der Waals surface area (Å²) in [6.07, 6.45) is 3.27. The molecule has 0 saturated heterocycles. The fourth-order valence-electron chi connectivity index (χ4n) is 4.14. The molecule has 3 nitrogen and oxygen atoms in total. The van der Waals surface area contributed by atoms with Gasteiger partial charge in [0, 0.05) is 11.0 Å². The van der Waals surface area contributed by atoms with E-state index in [4.69, 9.17) is 0 Å². The molecule has 0 spiro atoms. The van der Waals surface area contributed by atoms with E-state index in [1.54, 1.807) is 0 Å². The van der Waals surface area contributed by atoms with Crippen LogP contribution < -0.4 is 5.73 Å². The number of carbonyl (C=O) groups is 2. The van der Waals surface area contributed by atoms with Gasteiger partial charge in [0.15, 0.2) is 5.78 Å². The van der Waals surface area contributed by atoms with Crippen molar-refractivity contribution in [3.63, 3.8) is 0 Å². The van der Waals surface area contributed by atoms with Crippen LogP contribution in [0.5, 0.6) is 0 Å². The number of ketones is 1. The third-order valence-electron chi connectivity index (χ3n) is 6.13. The van der Waals surface area contributed by atoms with Gasteiger partial charge in [-0.15, -0.1) is 0 Å². The Kier molecular flexibility index (Phi) is 4.84. The summed E-state index contributed by atoms with van der Waals surface area (Å²) in [5.41, 5.74) is 7.97. The van der Waals surface area contributed by atoms with Crippen molar-refractivity contribution >= 4 is 17.3 Å². The summed E-state index contributed by atoms with van der Waals surface area (Å²) in [5.74, 6) is 0.352. The second-order valence-electron chi connectivity index (χ2n) is 7.49. The van der Waals surface area contributed by atoms with Crippen molar-refractivity contribution in [3.8, 4) is 0 Å². The van der Waals surface area contributed by atoms with Gasteiger partial charge in [-0.1, -0.05) is 57.7 Å². The van der Waals surface area contributed by atoms with Crippen LogP contribution in [0, 0.1) is 16.7 Å². The van der Waals surface area contributed by atoms with Crippen molar-refractivity contribution in [1.29, 1.82) is 0 Å². The molecule has 3 rings (SSSR count). The second-order valence-corrected chi connectivity index (χ2v) is 7.49. The van der Waals surface area contributed by atoms with Crippen molar-refractivity contribution in [2.24, 2.45) is 22.5 Å². The summed E-state index contributed by atoms with van der Waals surface area (Å²) in [5, 5.41) is 0. The average molecular weight is 325 g/mol. The molecule has 0 radical (unpaired) electrons. The Morgan fingerprint density at radius 2 is 1.79 bits per heavy atom. The maximum atomic E-state index is 12.9. The minimum absolute atomic E-state index is 0.107. The third kappa shape index (κ3) is 2.72. The second kappa shape index (κ2) is 6.39. The van der Waals surface area contributed by atoms with Crippen LogP contribution in [0.2, 0.25) is 0 Å². The van der Waals surface area contributed by atoms with Crippen LogP contribution in [0.4, 0.5) is 0 Å². The van der Waals surface area contributed by atoms with Gasteiger partial charge in [0.1, 0.15) is 0 Å². The number of rotatable bonds is 2. The first-order valence-electron chi connectivity index (χ1n) is 8.39. The molecule has 2 fully saturated rings. The molecule has 2 aliphatic rings. The predicted molar refractivity (Wildman–Crippen MR) is 98.0 cm³/mol. The van der Waals surface area contributed by atoms with Crippen LogP contribution in [0.1, 0.15) is 46.1 Å². The van der Waals surface area contributed by atoms with Gasteiger partial charge in [-0.2, -0.15) is 0 Å². The van der Waals surface area contributed by atoms with E-state index < -0.39 is 5.91 Å². The van der Waals surface area contributed by atoms with Gasteiger partial charge in [-0.05, 0) is 48.3 Å². The van der Waals surface area contributed by atoms with Gasteiger partial charge in [0.2, 0.25) is 5.91 Å². The number of benzene rings is 1. The number of carbonyl (C=O) groups excluding carboxylic acids is 2. The first-order valence-corrected chi connectivity index (χ1v) is 8.39. The molecule has 1 aromatic carbocycles. The molecule has 1 amide bonds. The highest BCUT2D eigenvalue weighted by Gasteiger charge is 2.64. The van der Waals surface area contributed by atoms with Crippen LogP contribution >= 0.6 is 0 Å². The first kappa shape index (κ1) is 18.2. The van der Waals surface area contributed by atoms with Crippen molar-refractivity contribution < 1.29 is 9.59 Å². The normalized spacial score (nSPS) is 28.8. The lowest BCUT2D eigenvalue weighted by atomic mass is 9.70. The molecule has 2 saturated carbocycles. The highest BCUT2D eigenvalue weighted by Crippen LogP contribution is 2.66. The largest absolute Gasteiger partial charge is 0.366 e. The van der Waals surface area contributed by atoms with E-state index in [-0.39, 0.29) is 10.8 Å². The van der Waals surface area contributed by atoms with Crippen LogP contribution in [0.3, 0.4) is 0 Å². The summed E-state index contributed by atoms with van der Waals surface area (Å²) in [4.78, 5) is 22.3. The van der Waals surface area contributed by atoms with Gasteiger partial charge in [-0.25, -0.2) is 0 Å². The molecule has 0 heterocycles. The van der Waals surface area contributed by atoms with E-state index >= 15 is 0 Å². The topological polar surface area (TPSA) is 60.2 Å². The number of primary amides is 1. The molecule has 2 unspecified atom stereocenters. The number of allylic oxidation sites excluding steroid dienone is 2. The first-order chi connectivity index (χ1) is 11.2. The molecular weight excluding hydrogens is 298 g/mol. The number of nitrogens with two attached hydrogens (primary N) is 1. The van der Waals surface area contributed by atoms with Crippen molar-refractivity contribution in [2.75, 3.05) is 0 Å². The fraction of sp³-hybridized carbons (Fsp3) is 0.429. The van der Waals surface area contributed by atoms with Crippen LogP contribution in [0.25, 0.3) is 5.57 Å². The zero-order valence-electron chi connectivity index (χ0n) is 15.1. The molecule has 2 atom stereocenters. The number of hydrogen-bond donors (Lipinski definition) is 1. The zero-order chi connectivity index (χ0) is 18.1. The molecule has 24 heavy (non-hydrogen) atoms. The highest BCUT2D eigenvalue weighted by molar-refractivity contribution is 6.10. The highest BCUT2D eigenvalue weighted by atomic mass is 16.1. The van der Waals surface area contributed by atoms with Crippen molar-refractivity contribution in [2.45, 2.75) is 40.5 Å². The number of Topliss-reactive ketones (excluding diaryl/α,β-unsaturated/α-hetero) is 1. The lowest BCUT2D eigenvalue weighted by Crippen LogP contribution is -2.32. The minimum atomic E-state index is -0.481. The predicted octanol–water partition coefficient (Wildman–Crippen LogP) is 4.14. The Hall–Kier alpha value is -2.16. The van der Waals surface area contributed by atoms with Gasteiger partial charge < -0.3 is 5.73 Å². The minimum Gasteiger partial charge on any atom is -0.366 e. The molecule has 2 N–H and O–H groups in total. The van der Waals surface area contributed by atoms with E-state index in [0.29, 0.717) is 11.7 Å². The lowest BCUT2D eigenvalue weighted by Gasteiger charge is -2.31. The van der Waals surface area contributed by atoms with Gasteiger partial charge in [-0.3, -0.25) is 9.59 Å². The maximum Gasteiger partial charge on any atom is 0.240 e. The van der Waals surface area contributed by atoms with E-state index in [2.05, 4.69) is 52.1 Å². The van der Waals surface area contributed by atoms with E-state index in [0.717, 1.165) is 24.5 Å². The lowest BCUT2D eigenvalue weighted by molar-refractivity contribution is -0.125. The fourth-order valence-corrected chi connectivity index (χ4v) is 4.14. The van der Waals surface area contributed by atoms with Crippen molar-refractivity contribution in [1.82, 2.24) is 0 Å².